The number of hydrogen-bond acceptors (Lipinski definition) is 4. The molecule has 1 amide bonds. The number of nitrogens with zero attached hydrogens (tertiary/aromatic N) is 1. The summed E-state index contributed by atoms with van der Waals surface area (Å²) in [7, 11) is 0. The van der Waals surface area contributed by atoms with Gasteiger partial charge < -0.3 is 19.7 Å². The summed E-state index contributed by atoms with van der Waals surface area (Å²) in [6, 6.07) is 16.2. The molecule has 140 valence electrons. The van der Waals surface area contributed by atoms with E-state index in [9.17, 15) is 4.79 Å². The molecule has 0 bridgehead atoms. The lowest BCUT2D eigenvalue weighted by Gasteiger charge is -2.38. The fourth-order valence-electron chi connectivity index (χ4n) is 3.95. The molecule has 0 radical (unpaired) electrons. The van der Waals surface area contributed by atoms with Gasteiger partial charge in [-0.2, -0.15) is 0 Å². The molecule has 0 aromatic heterocycles. The molecule has 1 saturated carbocycles. The highest BCUT2D eigenvalue weighted by atomic mass is 16.5. The molecule has 27 heavy (non-hydrogen) atoms. The second kappa shape index (κ2) is 6.89. The highest BCUT2D eigenvalue weighted by molar-refractivity contribution is 6.02. The van der Waals surface area contributed by atoms with Gasteiger partial charge in [-0.15, -0.1) is 0 Å². The Morgan fingerprint density at radius 2 is 1.89 bits per heavy atom. The number of para-hydroxylation sites is 1. The minimum Gasteiger partial charge on any atom is -0.491 e. The van der Waals surface area contributed by atoms with E-state index < -0.39 is 0 Å². The predicted octanol–water partition coefficient (Wildman–Crippen LogP) is 3.97. The Morgan fingerprint density at radius 1 is 1.07 bits per heavy atom. The van der Waals surface area contributed by atoms with E-state index in [0.29, 0.717) is 12.6 Å². The molecule has 5 nitrogen and oxygen atoms in total. The molecule has 2 aromatic rings. The first-order valence-corrected chi connectivity index (χ1v) is 9.82. The van der Waals surface area contributed by atoms with Gasteiger partial charge in [0.25, 0.3) is 5.91 Å². The average Bonchev–Trinajstić information content (AvgIpc) is 3.40. The van der Waals surface area contributed by atoms with Crippen molar-refractivity contribution in [1.82, 2.24) is 4.90 Å². The Morgan fingerprint density at radius 3 is 2.63 bits per heavy atom. The third-order valence-electron chi connectivity index (χ3n) is 5.56. The largest absolute Gasteiger partial charge is 0.491 e. The first-order chi connectivity index (χ1) is 13.3. The van der Waals surface area contributed by atoms with Crippen molar-refractivity contribution in [3.05, 3.63) is 59.7 Å². The lowest BCUT2D eigenvalue weighted by Crippen LogP contribution is -2.44. The zero-order valence-electron chi connectivity index (χ0n) is 15.3. The standard InChI is InChI=1S/C22H24N2O3/c25-22-19-5-1-2-6-20(19)23-21(24(22)16-9-10-16)15-7-11-17(12-8-15)27-14-18-4-3-13-26-18/h1-2,5-8,11-12,16,18,21,23H,3-4,9-10,13-14H2/t18-,21+/m1/s1. The predicted molar refractivity (Wildman–Crippen MR) is 103 cm³/mol. The van der Waals surface area contributed by atoms with Crippen LogP contribution in [0.4, 0.5) is 5.69 Å². The van der Waals surface area contributed by atoms with Gasteiger partial charge >= 0.3 is 0 Å². The van der Waals surface area contributed by atoms with E-state index in [-0.39, 0.29) is 18.2 Å². The number of amides is 1. The number of hydrogen-bond donors (Lipinski definition) is 1. The summed E-state index contributed by atoms with van der Waals surface area (Å²) >= 11 is 0. The van der Waals surface area contributed by atoms with Crippen molar-refractivity contribution in [2.45, 2.75) is 44.0 Å². The number of benzene rings is 2. The summed E-state index contributed by atoms with van der Waals surface area (Å²) < 4.78 is 11.5. The highest BCUT2D eigenvalue weighted by Crippen LogP contribution is 2.40. The third kappa shape index (κ3) is 3.28. The van der Waals surface area contributed by atoms with E-state index >= 15 is 0 Å². The van der Waals surface area contributed by atoms with Gasteiger partial charge in [0.05, 0.1) is 11.7 Å². The van der Waals surface area contributed by atoms with Gasteiger partial charge in [-0.1, -0.05) is 24.3 Å². The maximum atomic E-state index is 13.0. The van der Waals surface area contributed by atoms with E-state index in [1.165, 1.54) is 0 Å². The molecule has 1 N–H and O–H groups in total. The number of fused-ring (bicyclic) bond motifs is 1. The number of carbonyl (C=O) groups excluding carboxylic acids is 1. The van der Waals surface area contributed by atoms with Crippen LogP contribution in [0.2, 0.25) is 0 Å². The van der Waals surface area contributed by atoms with E-state index in [1.807, 2.05) is 41.3 Å². The first-order valence-electron chi connectivity index (χ1n) is 9.82. The number of rotatable bonds is 5. The van der Waals surface area contributed by atoms with Gasteiger partial charge in [-0.05, 0) is 55.5 Å². The van der Waals surface area contributed by atoms with Gasteiger partial charge in [0.2, 0.25) is 0 Å². The van der Waals surface area contributed by atoms with Gasteiger partial charge in [-0.25, -0.2) is 0 Å². The molecule has 2 atom stereocenters. The zero-order chi connectivity index (χ0) is 18.2. The van der Waals surface area contributed by atoms with E-state index in [2.05, 4.69) is 17.4 Å². The molecule has 1 saturated heterocycles. The summed E-state index contributed by atoms with van der Waals surface area (Å²) in [5.74, 6) is 0.963. The Hall–Kier alpha value is -2.53. The Balaban J connectivity index is 1.35. The van der Waals surface area contributed by atoms with Crippen LogP contribution >= 0.6 is 0 Å². The lowest BCUT2D eigenvalue weighted by molar-refractivity contribution is 0.0663. The minimum atomic E-state index is -0.132. The minimum absolute atomic E-state index is 0.121. The first kappa shape index (κ1) is 16.6. The van der Waals surface area contributed by atoms with Crippen molar-refractivity contribution >= 4 is 11.6 Å². The van der Waals surface area contributed by atoms with Crippen LogP contribution in [0.3, 0.4) is 0 Å². The maximum absolute atomic E-state index is 13.0. The Labute approximate surface area is 159 Å². The zero-order valence-corrected chi connectivity index (χ0v) is 15.3. The van der Waals surface area contributed by atoms with Crippen LogP contribution in [0, 0.1) is 0 Å². The van der Waals surface area contributed by atoms with Gasteiger partial charge in [0, 0.05) is 18.3 Å². The number of anilines is 1. The van der Waals surface area contributed by atoms with Crippen LogP contribution in [0.1, 0.15) is 47.8 Å². The molecule has 0 spiro atoms. The summed E-state index contributed by atoms with van der Waals surface area (Å²) in [4.78, 5) is 15.1. The molecule has 5 rings (SSSR count). The molecule has 2 aromatic carbocycles. The van der Waals surface area contributed by atoms with Crippen LogP contribution in [-0.2, 0) is 4.74 Å². The molecule has 2 fully saturated rings. The Bertz CT molecular complexity index is 826. The summed E-state index contributed by atoms with van der Waals surface area (Å²) in [6.07, 6.45) is 4.43. The smallest absolute Gasteiger partial charge is 0.258 e. The van der Waals surface area contributed by atoms with Crippen molar-refractivity contribution in [3.63, 3.8) is 0 Å². The fourth-order valence-corrected chi connectivity index (χ4v) is 3.95. The molecule has 2 aliphatic heterocycles. The van der Waals surface area contributed by atoms with Crippen molar-refractivity contribution in [1.29, 1.82) is 0 Å². The van der Waals surface area contributed by atoms with E-state index in [0.717, 1.165) is 54.9 Å². The highest BCUT2D eigenvalue weighted by Gasteiger charge is 2.41. The fraction of sp³-hybridized carbons (Fsp3) is 0.409. The summed E-state index contributed by atoms with van der Waals surface area (Å²) in [5, 5.41) is 3.56. The van der Waals surface area contributed by atoms with Gasteiger partial charge in [-0.3, -0.25) is 4.79 Å². The van der Waals surface area contributed by atoms with Crippen LogP contribution < -0.4 is 10.1 Å². The quantitative estimate of drug-likeness (QED) is 0.872. The molecular weight excluding hydrogens is 340 g/mol. The average molecular weight is 364 g/mol. The number of ether oxygens (including phenoxy) is 2. The molecule has 5 heteroatoms. The summed E-state index contributed by atoms with van der Waals surface area (Å²) in [5.41, 5.74) is 2.74. The number of carbonyl (C=O) groups is 1. The third-order valence-corrected chi connectivity index (χ3v) is 5.56. The van der Waals surface area contributed by atoms with Crippen molar-refractivity contribution in [3.8, 4) is 5.75 Å². The summed E-state index contributed by atoms with van der Waals surface area (Å²) in [6.45, 7) is 1.44. The van der Waals surface area contributed by atoms with E-state index in [4.69, 9.17) is 9.47 Å². The normalized spacial score (nSPS) is 24.4. The lowest BCUT2D eigenvalue weighted by atomic mass is 10.0. The molecule has 3 aliphatic rings. The van der Waals surface area contributed by atoms with Crippen LogP contribution in [0.25, 0.3) is 0 Å². The van der Waals surface area contributed by atoms with Crippen LogP contribution in [-0.4, -0.2) is 36.2 Å². The van der Waals surface area contributed by atoms with Crippen molar-refractivity contribution in [2.24, 2.45) is 0 Å². The second-order valence-corrected chi connectivity index (χ2v) is 7.55. The van der Waals surface area contributed by atoms with Crippen LogP contribution in [0.15, 0.2) is 48.5 Å². The molecule has 1 aliphatic carbocycles. The van der Waals surface area contributed by atoms with Crippen molar-refractivity contribution < 1.29 is 14.3 Å². The van der Waals surface area contributed by atoms with Crippen LogP contribution in [0.5, 0.6) is 5.75 Å². The van der Waals surface area contributed by atoms with Gasteiger partial charge in [0.15, 0.2) is 0 Å². The SMILES string of the molecule is O=C1c2ccccc2N[C@H](c2ccc(OC[C@H]3CCCO3)cc2)N1C1CC1. The molecular formula is C22H24N2O3. The molecule has 0 unspecified atom stereocenters. The Kier molecular flexibility index (Phi) is 4.24. The number of nitrogens with one attached hydrogen (secondary N) is 1. The van der Waals surface area contributed by atoms with E-state index in [1.54, 1.807) is 0 Å². The molecule has 2 heterocycles. The second-order valence-electron chi connectivity index (χ2n) is 7.55. The monoisotopic (exact) mass is 364 g/mol. The maximum Gasteiger partial charge on any atom is 0.258 e. The van der Waals surface area contributed by atoms with Gasteiger partial charge in [0.1, 0.15) is 18.5 Å². The van der Waals surface area contributed by atoms with Crippen molar-refractivity contribution in [2.75, 3.05) is 18.5 Å². The topological polar surface area (TPSA) is 50.8 Å².